The van der Waals surface area contributed by atoms with Crippen LogP contribution in [-0.4, -0.2) is 56.7 Å². The lowest BCUT2D eigenvalue weighted by Gasteiger charge is -2.38. The van der Waals surface area contributed by atoms with Gasteiger partial charge in [0.15, 0.2) is 0 Å². The molecule has 32 heavy (non-hydrogen) atoms. The average Bonchev–Trinajstić information content (AvgIpc) is 2.81. The predicted molar refractivity (Wildman–Crippen MR) is 124 cm³/mol. The number of amides is 2. The number of methoxy groups -OCH3 is 1. The molecule has 7 heteroatoms. The van der Waals surface area contributed by atoms with Crippen LogP contribution >= 0.6 is 0 Å². The van der Waals surface area contributed by atoms with Crippen molar-refractivity contribution in [3.8, 4) is 0 Å². The van der Waals surface area contributed by atoms with Gasteiger partial charge in [-0.25, -0.2) is 9.59 Å². The molecule has 2 heterocycles. The van der Waals surface area contributed by atoms with Gasteiger partial charge >= 0.3 is 12.0 Å². The average molecular weight is 435 g/mol. The van der Waals surface area contributed by atoms with Gasteiger partial charge in [-0.15, -0.1) is 0 Å². The number of hydrogen-bond acceptors (Lipinski definition) is 5. The number of carbonyl (C=O) groups is 2. The van der Waals surface area contributed by atoms with Crippen LogP contribution in [0.5, 0.6) is 0 Å². The summed E-state index contributed by atoms with van der Waals surface area (Å²) in [4.78, 5) is 29.8. The molecule has 2 aliphatic heterocycles. The molecular weight excluding hydrogens is 404 g/mol. The normalized spacial score (nSPS) is 19.4. The summed E-state index contributed by atoms with van der Waals surface area (Å²) in [7, 11) is 1.37. The van der Waals surface area contributed by atoms with Gasteiger partial charge in [0.2, 0.25) is 0 Å². The zero-order valence-corrected chi connectivity index (χ0v) is 18.9. The van der Waals surface area contributed by atoms with Crippen molar-refractivity contribution >= 4 is 17.7 Å². The number of nitrogens with one attached hydrogen (secondary N) is 2. The van der Waals surface area contributed by atoms with Crippen molar-refractivity contribution < 1.29 is 14.3 Å². The van der Waals surface area contributed by atoms with Crippen LogP contribution < -0.4 is 15.5 Å². The van der Waals surface area contributed by atoms with Gasteiger partial charge in [-0.05, 0) is 36.6 Å². The van der Waals surface area contributed by atoms with E-state index in [-0.39, 0.29) is 6.03 Å². The van der Waals surface area contributed by atoms with E-state index in [0.717, 1.165) is 31.7 Å². The first kappa shape index (κ1) is 21.9. The Morgan fingerprint density at radius 1 is 1.06 bits per heavy atom. The van der Waals surface area contributed by atoms with Gasteiger partial charge in [-0.3, -0.25) is 4.90 Å². The summed E-state index contributed by atoms with van der Waals surface area (Å²) in [5.74, 6) is -0.435. The number of ether oxygens (including phenoxy) is 1. The molecule has 2 amide bonds. The predicted octanol–water partition coefficient (Wildman–Crippen LogP) is 2.91. The van der Waals surface area contributed by atoms with Gasteiger partial charge in [-0.1, -0.05) is 42.5 Å². The minimum atomic E-state index is -0.538. The van der Waals surface area contributed by atoms with Crippen LogP contribution in [-0.2, 0) is 9.53 Å². The Balaban J connectivity index is 1.54. The highest BCUT2D eigenvalue weighted by atomic mass is 16.5. The Labute approximate surface area is 189 Å². The van der Waals surface area contributed by atoms with Crippen molar-refractivity contribution in [2.45, 2.75) is 19.9 Å². The molecule has 168 valence electrons. The van der Waals surface area contributed by atoms with Crippen molar-refractivity contribution in [1.29, 1.82) is 0 Å². The molecule has 0 radical (unpaired) electrons. The van der Waals surface area contributed by atoms with E-state index in [1.165, 1.54) is 23.9 Å². The van der Waals surface area contributed by atoms with Gasteiger partial charge in [0.05, 0.1) is 18.7 Å². The number of anilines is 1. The summed E-state index contributed by atoms with van der Waals surface area (Å²) in [6.45, 7) is 8.20. The second kappa shape index (κ2) is 9.44. The highest BCUT2D eigenvalue weighted by Crippen LogP contribution is 2.28. The van der Waals surface area contributed by atoms with Gasteiger partial charge in [0.1, 0.15) is 0 Å². The van der Waals surface area contributed by atoms with E-state index in [9.17, 15) is 9.59 Å². The third-order valence-corrected chi connectivity index (χ3v) is 6.15. The van der Waals surface area contributed by atoms with Crippen LogP contribution in [0.4, 0.5) is 10.5 Å². The van der Waals surface area contributed by atoms with E-state index in [1.54, 1.807) is 0 Å². The SMILES string of the molecule is COC(=O)C1=C(CN2CCN(c3cc(C)ccc3C)CC2)NC(=O)NC1c1ccccc1. The van der Waals surface area contributed by atoms with Crippen molar-refractivity contribution in [2.24, 2.45) is 0 Å². The quantitative estimate of drug-likeness (QED) is 0.708. The van der Waals surface area contributed by atoms with E-state index >= 15 is 0 Å². The minimum absolute atomic E-state index is 0.310. The van der Waals surface area contributed by atoms with Crippen LogP contribution in [0.2, 0.25) is 0 Å². The number of piperazine rings is 1. The molecule has 0 saturated carbocycles. The Bertz CT molecular complexity index is 1030. The fourth-order valence-electron chi connectivity index (χ4n) is 4.42. The first-order valence-electron chi connectivity index (χ1n) is 10.9. The third-order valence-electron chi connectivity index (χ3n) is 6.15. The minimum Gasteiger partial charge on any atom is -0.466 e. The summed E-state index contributed by atoms with van der Waals surface area (Å²) in [6, 6.07) is 15.2. The highest BCUT2D eigenvalue weighted by Gasteiger charge is 2.34. The van der Waals surface area contributed by atoms with Gasteiger partial charge in [0, 0.05) is 44.1 Å². The summed E-state index contributed by atoms with van der Waals surface area (Å²) < 4.78 is 5.08. The molecular formula is C25H30N4O3. The molecule has 2 aromatic rings. The fourth-order valence-corrected chi connectivity index (χ4v) is 4.42. The molecule has 2 aromatic carbocycles. The van der Waals surface area contributed by atoms with Crippen molar-refractivity contribution in [3.63, 3.8) is 0 Å². The van der Waals surface area contributed by atoms with Crippen LogP contribution in [0.1, 0.15) is 22.7 Å². The lowest BCUT2D eigenvalue weighted by molar-refractivity contribution is -0.136. The van der Waals surface area contributed by atoms with E-state index in [0.29, 0.717) is 17.8 Å². The Hall–Kier alpha value is -3.32. The Morgan fingerprint density at radius 3 is 2.47 bits per heavy atom. The molecule has 7 nitrogen and oxygen atoms in total. The number of benzene rings is 2. The lowest BCUT2D eigenvalue weighted by atomic mass is 9.95. The van der Waals surface area contributed by atoms with E-state index in [2.05, 4.69) is 52.5 Å². The van der Waals surface area contributed by atoms with Crippen molar-refractivity contribution in [3.05, 3.63) is 76.5 Å². The summed E-state index contributed by atoms with van der Waals surface area (Å²) >= 11 is 0. The lowest BCUT2D eigenvalue weighted by Crippen LogP contribution is -2.51. The van der Waals surface area contributed by atoms with Crippen LogP contribution in [0.15, 0.2) is 59.8 Å². The zero-order valence-electron chi connectivity index (χ0n) is 18.9. The molecule has 1 atom stereocenters. The molecule has 0 bridgehead atoms. The molecule has 1 fully saturated rings. The largest absolute Gasteiger partial charge is 0.466 e. The second-order valence-electron chi connectivity index (χ2n) is 8.38. The number of carbonyl (C=O) groups excluding carboxylic acids is 2. The zero-order chi connectivity index (χ0) is 22.7. The number of rotatable bonds is 5. The van der Waals surface area contributed by atoms with E-state index in [1.807, 2.05) is 30.3 Å². The van der Waals surface area contributed by atoms with Crippen LogP contribution in [0, 0.1) is 13.8 Å². The van der Waals surface area contributed by atoms with Crippen molar-refractivity contribution in [2.75, 3.05) is 44.7 Å². The molecule has 1 unspecified atom stereocenters. The Morgan fingerprint density at radius 2 is 1.78 bits per heavy atom. The van der Waals surface area contributed by atoms with Gasteiger partial charge < -0.3 is 20.3 Å². The monoisotopic (exact) mass is 434 g/mol. The first-order valence-corrected chi connectivity index (χ1v) is 10.9. The summed E-state index contributed by atoms with van der Waals surface area (Å²) in [5.41, 5.74) is 5.71. The number of aryl methyl sites for hydroxylation is 2. The first-order chi connectivity index (χ1) is 15.5. The molecule has 4 rings (SSSR count). The maximum Gasteiger partial charge on any atom is 0.338 e. The van der Waals surface area contributed by atoms with Crippen molar-refractivity contribution in [1.82, 2.24) is 15.5 Å². The van der Waals surface area contributed by atoms with E-state index in [4.69, 9.17) is 4.74 Å². The standard InChI is InChI=1S/C25H30N4O3/c1-17-9-10-18(2)21(15-17)29-13-11-28(12-14-29)16-20-22(24(30)32-3)23(27-25(31)26-20)19-7-5-4-6-8-19/h4-10,15,23H,11-14,16H2,1-3H3,(H2,26,27,31). The number of esters is 1. The van der Waals surface area contributed by atoms with Gasteiger partial charge in [-0.2, -0.15) is 0 Å². The maximum atomic E-state index is 12.7. The third kappa shape index (κ3) is 4.62. The van der Waals surface area contributed by atoms with Crippen LogP contribution in [0.25, 0.3) is 0 Å². The Kier molecular flexibility index (Phi) is 6.46. The van der Waals surface area contributed by atoms with E-state index < -0.39 is 12.0 Å². The summed E-state index contributed by atoms with van der Waals surface area (Å²) in [5, 5.41) is 5.73. The molecule has 2 N–H and O–H groups in total. The number of hydrogen-bond donors (Lipinski definition) is 2. The smallest absolute Gasteiger partial charge is 0.338 e. The molecule has 2 aliphatic rings. The molecule has 1 saturated heterocycles. The molecule has 0 spiro atoms. The molecule has 0 aromatic heterocycles. The number of nitrogens with zero attached hydrogens (tertiary/aromatic N) is 2. The summed E-state index contributed by atoms with van der Waals surface area (Å²) in [6.07, 6.45) is 0. The maximum absolute atomic E-state index is 12.7. The molecule has 0 aliphatic carbocycles. The fraction of sp³-hybridized carbons (Fsp3) is 0.360. The topological polar surface area (TPSA) is 73.9 Å². The second-order valence-corrected chi connectivity index (χ2v) is 8.38. The highest BCUT2D eigenvalue weighted by molar-refractivity contribution is 5.95. The van der Waals surface area contributed by atoms with Crippen LogP contribution in [0.3, 0.4) is 0 Å². The number of urea groups is 1. The van der Waals surface area contributed by atoms with Gasteiger partial charge in [0.25, 0.3) is 0 Å².